The van der Waals surface area contributed by atoms with Crippen molar-refractivity contribution in [1.82, 2.24) is 4.90 Å². The molecule has 0 aliphatic carbocycles. The van der Waals surface area contributed by atoms with Crippen molar-refractivity contribution in [3.8, 4) is 5.75 Å². The number of nitrogens with zero attached hydrogens (tertiary/aromatic N) is 1. The summed E-state index contributed by atoms with van der Waals surface area (Å²) in [6.07, 6.45) is 1.71. The molecule has 2 rings (SSSR count). The summed E-state index contributed by atoms with van der Waals surface area (Å²) in [4.78, 5) is 13.1. The van der Waals surface area contributed by atoms with Gasteiger partial charge >= 0.3 is 5.97 Å². The maximum absolute atomic E-state index is 11.0. The van der Waals surface area contributed by atoms with Crippen molar-refractivity contribution in [3.05, 3.63) is 29.3 Å². The molecule has 0 aromatic heterocycles. The van der Waals surface area contributed by atoms with Crippen LogP contribution in [0.25, 0.3) is 0 Å². The molecule has 0 spiro atoms. The van der Waals surface area contributed by atoms with E-state index in [2.05, 4.69) is 4.90 Å². The summed E-state index contributed by atoms with van der Waals surface area (Å²) in [5.41, 5.74) is 0. The van der Waals surface area contributed by atoms with Gasteiger partial charge in [0.1, 0.15) is 12.4 Å². The SMILES string of the molecule is O=C(O)C1CCCN(CCOc2ccccc2Cl)C1. The van der Waals surface area contributed by atoms with Gasteiger partial charge in [0.2, 0.25) is 0 Å². The molecule has 0 radical (unpaired) electrons. The molecule has 0 amide bonds. The number of ether oxygens (including phenoxy) is 1. The minimum atomic E-state index is -0.697. The van der Waals surface area contributed by atoms with E-state index in [0.717, 1.165) is 25.9 Å². The second-order valence-corrected chi connectivity index (χ2v) is 5.16. The first-order chi connectivity index (χ1) is 9.16. The van der Waals surface area contributed by atoms with Crippen LogP contribution in [0.5, 0.6) is 5.75 Å². The Bertz CT molecular complexity index is 438. The summed E-state index contributed by atoms with van der Waals surface area (Å²) in [5, 5.41) is 9.62. The molecule has 4 nitrogen and oxygen atoms in total. The fourth-order valence-electron chi connectivity index (χ4n) is 2.31. The lowest BCUT2D eigenvalue weighted by molar-refractivity contribution is -0.143. The van der Waals surface area contributed by atoms with E-state index in [9.17, 15) is 4.79 Å². The Balaban J connectivity index is 1.77. The third-order valence-electron chi connectivity index (χ3n) is 3.36. The Morgan fingerprint density at radius 1 is 1.47 bits per heavy atom. The van der Waals surface area contributed by atoms with Crippen molar-refractivity contribution in [1.29, 1.82) is 0 Å². The molecule has 1 aliphatic rings. The summed E-state index contributed by atoms with van der Waals surface area (Å²) < 4.78 is 5.61. The largest absolute Gasteiger partial charge is 0.491 e. The number of para-hydroxylation sites is 1. The number of aliphatic carboxylic acids is 1. The summed E-state index contributed by atoms with van der Waals surface area (Å²) in [6.45, 7) is 2.81. The maximum atomic E-state index is 11.0. The lowest BCUT2D eigenvalue weighted by Gasteiger charge is -2.30. The van der Waals surface area contributed by atoms with E-state index < -0.39 is 5.97 Å². The van der Waals surface area contributed by atoms with Gasteiger partial charge < -0.3 is 9.84 Å². The highest BCUT2D eigenvalue weighted by atomic mass is 35.5. The number of carbonyl (C=O) groups is 1. The van der Waals surface area contributed by atoms with Gasteiger partial charge in [0, 0.05) is 13.1 Å². The average Bonchev–Trinajstić information content (AvgIpc) is 2.41. The van der Waals surface area contributed by atoms with Crippen molar-refractivity contribution in [2.45, 2.75) is 12.8 Å². The van der Waals surface area contributed by atoms with Crippen LogP contribution >= 0.6 is 11.6 Å². The standard InChI is InChI=1S/C14H18ClNO3/c15-12-5-1-2-6-13(12)19-9-8-16-7-3-4-11(10-16)14(17)18/h1-2,5-6,11H,3-4,7-10H2,(H,17,18). The van der Waals surface area contributed by atoms with Crippen molar-refractivity contribution in [2.24, 2.45) is 5.92 Å². The smallest absolute Gasteiger partial charge is 0.307 e. The van der Waals surface area contributed by atoms with Gasteiger partial charge in [-0.25, -0.2) is 0 Å². The van der Waals surface area contributed by atoms with Crippen LogP contribution in [-0.2, 0) is 4.79 Å². The molecule has 1 aromatic carbocycles. The quantitative estimate of drug-likeness (QED) is 0.902. The second kappa shape index (κ2) is 6.78. The summed E-state index contributed by atoms with van der Waals surface area (Å²) in [7, 11) is 0. The molecule has 1 unspecified atom stereocenters. The van der Waals surface area contributed by atoms with Gasteiger partial charge in [-0.05, 0) is 31.5 Å². The van der Waals surface area contributed by atoms with E-state index in [4.69, 9.17) is 21.4 Å². The Morgan fingerprint density at radius 3 is 3.00 bits per heavy atom. The van der Waals surface area contributed by atoms with Crippen LogP contribution in [0.4, 0.5) is 0 Å². The predicted molar refractivity (Wildman–Crippen MR) is 73.7 cm³/mol. The van der Waals surface area contributed by atoms with Crippen LogP contribution in [0.15, 0.2) is 24.3 Å². The van der Waals surface area contributed by atoms with Gasteiger partial charge in [-0.1, -0.05) is 23.7 Å². The molecule has 104 valence electrons. The molecule has 5 heteroatoms. The van der Waals surface area contributed by atoms with Crippen LogP contribution in [0, 0.1) is 5.92 Å². The predicted octanol–water partition coefficient (Wildman–Crippen LogP) is 2.52. The Hall–Kier alpha value is -1.26. The molecule has 1 aromatic rings. The van der Waals surface area contributed by atoms with Crippen molar-refractivity contribution in [2.75, 3.05) is 26.2 Å². The highest BCUT2D eigenvalue weighted by molar-refractivity contribution is 6.32. The van der Waals surface area contributed by atoms with Crippen LogP contribution in [-0.4, -0.2) is 42.2 Å². The Kier molecular flexibility index (Phi) is 5.05. The number of piperidine rings is 1. The van der Waals surface area contributed by atoms with Gasteiger partial charge in [0.25, 0.3) is 0 Å². The Morgan fingerprint density at radius 2 is 2.26 bits per heavy atom. The number of halogens is 1. The number of carboxylic acids is 1. The van der Waals surface area contributed by atoms with Crippen LogP contribution in [0.1, 0.15) is 12.8 Å². The number of hydrogen-bond acceptors (Lipinski definition) is 3. The van der Waals surface area contributed by atoms with Crippen molar-refractivity contribution >= 4 is 17.6 Å². The second-order valence-electron chi connectivity index (χ2n) is 4.76. The van der Waals surface area contributed by atoms with E-state index in [1.54, 1.807) is 6.07 Å². The molecule has 1 aliphatic heterocycles. The number of carboxylic acid groups (broad SMARTS) is 1. The molecule has 1 N–H and O–H groups in total. The number of benzene rings is 1. The molecular formula is C14H18ClNO3. The molecule has 1 saturated heterocycles. The van der Waals surface area contributed by atoms with Gasteiger partial charge in [-0.15, -0.1) is 0 Å². The fraction of sp³-hybridized carbons (Fsp3) is 0.500. The van der Waals surface area contributed by atoms with Gasteiger partial charge in [0.05, 0.1) is 10.9 Å². The van der Waals surface area contributed by atoms with Gasteiger partial charge in [-0.2, -0.15) is 0 Å². The zero-order valence-corrected chi connectivity index (χ0v) is 11.5. The highest BCUT2D eigenvalue weighted by Gasteiger charge is 2.24. The minimum absolute atomic E-state index is 0.242. The monoisotopic (exact) mass is 283 g/mol. The van der Waals surface area contributed by atoms with Crippen LogP contribution in [0.2, 0.25) is 5.02 Å². The lowest BCUT2D eigenvalue weighted by atomic mass is 9.98. The first kappa shape index (κ1) is 14.2. The molecular weight excluding hydrogens is 266 g/mol. The lowest BCUT2D eigenvalue weighted by Crippen LogP contribution is -2.40. The van der Waals surface area contributed by atoms with Gasteiger partial charge in [-0.3, -0.25) is 9.69 Å². The first-order valence-corrected chi connectivity index (χ1v) is 6.87. The molecule has 0 bridgehead atoms. The third-order valence-corrected chi connectivity index (χ3v) is 3.67. The van der Waals surface area contributed by atoms with Crippen molar-refractivity contribution < 1.29 is 14.6 Å². The molecule has 1 heterocycles. The Labute approximate surface area is 117 Å². The zero-order valence-electron chi connectivity index (χ0n) is 10.7. The van der Waals surface area contributed by atoms with E-state index in [-0.39, 0.29) is 5.92 Å². The molecule has 1 fully saturated rings. The fourth-order valence-corrected chi connectivity index (χ4v) is 2.50. The van der Waals surface area contributed by atoms with Crippen LogP contribution in [0.3, 0.4) is 0 Å². The average molecular weight is 284 g/mol. The molecule has 0 saturated carbocycles. The zero-order chi connectivity index (χ0) is 13.7. The first-order valence-electron chi connectivity index (χ1n) is 6.49. The van der Waals surface area contributed by atoms with Gasteiger partial charge in [0.15, 0.2) is 0 Å². The molecule has 19 heavy (non-hydrogen) atoms. The topological polar surface area (TPSA) is 49.8 Å². The van der Waals surface area contributed by atoms with E-state index in [1.165, 1.54) is 0 Å². The molecule has 1 atom stereocenters. The minimum Gasteiger partial charge on any atom is -0.491 e. The van der Waals surface area contributed by atoms with Crippen molar-refractivity contribution in [3.63, 3.8) is 0 Å². The number of likely N-dealkylation sites (tertiary alicyclic amines) is 1. The normalized spacial score (nSPS) is 20.2. The number of rotatable bonds is 5. The van der Waals surface area contributed by atoms with Crippen LogP contribution < -0.4 is 4.74 Å². The van der Waals surface area contributed by atoms with E-state index in [1.807, 2.05) is 18.2 Å². The highest BCUT2D eigenvalue weighted by Crippen LogP contribution is 2.23. The number of hydrogen-bond donors (Lipinski definition) is 1. The van der Waals surface area contributed by atoms with E-state index >= 15 is 0 Å². The summed E-state index contributed by atoms with van der Waals surface area (Å²) >= 11 is 5.99. The van der Waals surface area contributed by atoms with E-state index in [0.29, 0.717) is 23.9 Å². The third kappa shape index (κ3) is 4.11. The summed E-state index contributed by atoms with van der Waals surface area (Å²) in [6, 6.07) is 7.36. The summed E-state index contributed by atoms with van der Waals surface area (Å²) in [5.74, 6) is -0.262. The maximum Gasteiger partial charge on any atom is 0.307 e.